The zero-order valence-corrected chi connectivity index (χ0v) is 10.8. The lowest BCUT2D eigenvalue weighted by molar-refractivity contribution is -0.0666. The van der Waals surface area contributed by atoms with Gasteiger partial charge in [0, 0.05) is 19.0 Å². The van der Waals surface area contributed by atoms with E-state index in [4.69, 9.17) is 16.3 Å². The Balaban J connectivity index is 2.22. The number of rotatable bonds is 5. The number of hydrogen-bond donors (Lipinski definition) is 0. The maximum atomic E-state index is 5.84. The molecule has 2 unspecified atom stereocenters. The van der Waals surface area contributed by atoms with Crippen LogP contribution in [0.1, 0.15) is 13.3 Å². The summed E-state index contributed by atoms with van der Waals surface area (Å²) in [6.45, 7) is 6.45. The quantitative estimate of drug-likeness (QED) is 0.667. The fraction of sp³-hybridized carbons (Fsp3) is 1.00. The second kappa shape index (κ2) is 6.69. The lowest BCUT2D eigenvalue weighted by Gasteiger charge is -2.36. The average molecular weight is 235 g/mol. The Morgan fingerprint density at radius 3 is 2.73 bits per heavy atom. The summed E-state index contributed by atoms with van der Waals surface area (Å²) in [6, 6.07) is 0. The summed E-state index contributed by atoms with van der Waals surface area (Å²) in [5.74, 6) is 0.606. The molecule has 0 amide bonds. The van der Waals surface area contributed by atoms with Crippen LogP contribution in [0.2, 0.25) is 0 Å². The number of ether oxygens (including phenoxy) is 1. The van der Waals surface area contributed by atoms with Gasteiger partial charge in [-0.2, -0.15) is 0 Å². The first-order chi connectivity index (χ1) is 7.11. The molecule has 1 rings (SSSR count). The van der Waals surface area contributed by atoms with E-state index in [0.29, 0.717) is 12.0 Å². The highest BCUT2D eigenvalue weighted by atomic mass is 35.5. The maximum Gasteiger partial charge on any atom is 0.0841 e. The lowest BCUT2D eigenvalue weighted by Crippen LogP contribution is -2.47. The summed E-state index contributed by atoms with van der Waals surface area (Å²) in [6.07, 6.45) is 1.76. The van der Waals surface area contributed by atoms with Gasteiger partial charge in [0.05, 0.1) is 12.2 Å². The van der Waals surface area contributed by atoms with Crippen molar-refractivity contribution in [1.29, 1.82) is 0 Å². The van der Waals surface area contributed by atoms with Crippen LogP contribution >= 0.6 is 11.6 Å². The van der Waals surface area contributed by atoms with Gasteiger partial charge in [0.25, 0.3) is 0 Å². The van der Waals surface area contributed by atoms with Gasteiger partial charge in [0.1, 0.15) is 0 Å². The van der Waals surface area contributed by atoms with E-state index >= 15 is 0 Å². The smallest absolute Gasteiger partial charge is 0.0841 e. The molecule has 1 saturated heterocycles. The zero-order chi connectivity index (χ0) is 11.3. The van der Waals surface area contributed by atoms with Gasteiger partial charge in [-0.3, -0.25) is 4.90 Å². The normalized spacial score (nSPS) is 28.6. The molecular weight excluding hydrogens is 212 g/mol. The van der Waals surface area contributed by atoms with E-state index in [9.17, 15) is 0 Å². The largest absolute Gasteiger partial charge is 0.371 e. The minimum absolute atomic E-state index is 0.217. The Bertz CT molecular complexity index is 178. The number of nitrogens with zero attached hydrogens (tertiary/aromatic N) is 2. The fourth-order valence-corrected chi connectivity index (χ4v) is 2.19. The third kappa shape index (κ3) is 5.16. The predicted octanol–water partition coefficient (Wildman–Crippen LogP) is 1.27. The van der Waals surface area contributed by atoms with Crippen LogP contribution in [-0.4, -0.2) is 68.2 Å². The third-order valence-electron chi connectivity index (χ3n) is 2.65. The molecule has 0 aromatic carbocycles. The van der Waals surface area contributed by atoms with Crippen LogP contribution in [-0.2, 0) is 4.74 Å². The highest BCUT2D eigenvalue weighted by Gasteiger charge is 2.23. The van der Waals surface area contributed by atoms with Crippen LogP contribution in [0.15, 0.2) is 0 Å². The molecule has 0 aromatic heterocycles. The van der Waals surface area contributed by atoms with Gasteiger partial charge in [-0.15, -0.1) is 11.6 Å². The molecule has 0 N–H and O–H groups in total. The number of morpholine rings is 1. The Morgan fingerprint density at radius 2 is 2.13 bits per heavy atom. The monoisotopic (exact) mass is 234 g/mol. The van der Waals surface area contributed by atoms with Crippen molar-refractivity contribution in [3.63, 3.8) is 0 Å². The van der Waals surface area contributed by atoms with Crippen molar-refractivity contribution in [1.82, 2.24) is 9.80 Å². The SMILES string of the molecule is CC1CN(CCCN(C)C)CC(CCl)O1. The summed E-state index contributed by atoms with van der Waals surface area (Å²) in [7, 11) is 4.23. The van der Waals surface area contributed by atoms with E-state index in [1.165, 1.54) is 6.42 Å². The number of hydrogen-bond acceptors (Lipinski definition) is 3. The van der Waals surface area contributed by atoms with E-state index < -0.39 is 0 Å². The molecule has 4 heteroatoms. The van der Waals surface area contributed by atoms with E-state index in [0.717, 1.165) is 26.2 Å². The van der Waals surface area contributed by atoms with Crippen LogP contribution in [0.3, 0.4) is 0 Å². The van der Waals surface area contributed by atoms with Crippen molar-refractivity contribution >= 4 is 11.6 Å². The van der Waals surface area contributed by atoms with Crippen molar-refractivity contribution in [2.45, 2.75) is 25.6 Å². The van der Waals surface area contributed by atoms with Crippen molar-refractivity contribution in [3.8, 4) is 0 Å². The first kappa shape index (κ1) is 13.2. The molecule has 0 aliphatic carbocycles. The van der Waals surface area contributed by atoms with Crippen LogP contribution < -0.4 is 0 Å². The van der Waals surface area contributed by atoms with Gasteiger partial charge in [-0.05, 0) is 40.5 Å². The average Bonchev–Trinajstić information content (AvgIpc) is 2.16. The molecule has 0 aromatic rings. The maximum absolute atomic E-state index is 5.84. The van der Waals surface area contributed by atoms with Gasteiger partial charge >= 0.3 is 0 Å². The molecule has 1 aliphatic heterocycles. The molecule has 2 atom stereocenters. The molecule has 0 saturated carbocycles. The standard InChI is InChI=1S/C11H23ClN2O/c1-10-8-14(6-4-5-13(2)3)9-11(7-12)15-10/h10-11H,4-9H2,1-3H3. The van der Waals surface area contributed by atoms with Gasteiger partial charge in [0.2, 0.25) is 0 Å². The molecule has 15 heavy (non-hydrogen) atoms. The minimum atomic E-state index is 0.217. The number of alkyl halides is 1. The summed E-state index contributed by atoms with van der Waals surface area (Å²) >= 11 is 5.84. The molecular formula is C11H23ClN2O. The Hall–Kier alpha value is 0.170. The van der Waals surface area contributed by atoms with Crippen molar-refractivity contribution < 1.29 is 4.74 Å². The molecule has 1 fully saturated rings. The summed E-state index contributed by atoms with van der Waals surface area (Å²) in [5.41, 5.74) is 0. The van der Waals surface area contributed by atoms with Crippen LogP contribution in [0.25, 0.3) is 0 Å². The second-order valence-corrected chi connectivity index (χ2v) is 4.95. The number of halogens is 1. The first-order valence-electron chi connectivity index (χ1n) is 5.70. The van der Waals surface area contributed by atoms with Crippen LogP contribution in [0.5, 0.6) is 0 Å². The molecule has 90 valence electrons. The third-order valence-corrected chi connectivity index (χ3v) is 3.00. The van der Waals surface area contributed by atoms with Gasteiger partial charge < -0.3 is 9.64 Å². The predicted molar refractivity (Wildman–Crippen MR) is 64.7 cm³/mol. The first-order valence-corrected chi connectivity index (χ1v) is 6.23. The van der Waals surface area contributed by atoms with Crippen molar-refractivity contribution in [2.75, 3.05) is 46.2 Å². The summed E-state index contributed by atoms with van der Waals surface area (Å²) in [5, 5.41) is 0. The Morgan fingerprint density at radius 1 is 1.40 bits per heavy atom. The molecule has 1 aliphatic rings. The fourth-order valence-electron chi connectivity index (χ4n) is 2.02. The summed E-state index contributed by atoms with van der Waals surface area (Å²) < 4.78 is 5.71. The van der Waals surface area contributed by atoms with E-state index in [1.54, 1.807) is 0 Å². The lowest BCUT2D eigenvalue weighted by atomic mass is 10.2. The Kier molecular flexibility index (Phi) is 5.90. The van der Waals surface area contributed by atoms with E-state index in [-0.39, 0.29) is 6.10 Å². The molecule has 1 heterocycles. The molecule has 0 spiro atoms. The highest BCUT2D eigenvalue weighted by Crippen LogP contribution is 2.12. The topological polar surface area (TPSA) is 15.7 Å². The van der Waals surface area contributed by atoms with E-state index in [2.05, 4.69) is 30.8 Å². The van der Waals surface area contributed by atoms with Gasteiger partial charge in [-0.1, -0.05) is 0 Å². The van der Waals surface area contributed by atoms with Crippen molar-refractivity contribution in [3.05, 3.63) is 0 Å². The molecule has 0 radical (unpaired) electrons. The summed E-state index contributed by atoms with van der Waals surface area (Å²) in [4.78, 5) is 4.69. The van der Waals surface area contributed by atoms with Crippen molar-refractivity contribution in [2.24, 2.45) is 0 Å². The van der Waals surface area contributed by atoms with Gasteiger partial charge in [-0.25, -0.2) is 0 Å². The second-order valence-electron chi connectivity index (χ2n) is 4.64. The Labute approximate surface area is 98.3 Å². The molecule has 3 nitrogen and oxygen atoms in total. The van der Waals surface area contributed by atoms with Crippen LogP contribution in [0.4, 0.5) is 0 Å². The minimum Gasteiger partial charge on any atom is -0.371 e. The highest BCUT2D eigenvalue weighted by molar-refractivity contribution is 6.18. The molecule has 0 bridgehead atoms. The van der Waals surface area contributed by atoms with E-state index in [1.807, 2.05) is 0 Å². The van der Waals surface area contributed by atoms with Crippen LogP contribution in [0, 0.1) is 0 Å². The van der Waals surface area contributed by atoms with Gasteiger partial charge in [0.15, 0.2) is 0 Å². The zero-order valence-electron chi connectivity index (χ0n) is 10.1.